The normalized spacial score (nSPS) is 15.4. The summed E-state index contributed by atoms with van der Waals surface area (Å²) in [5.74, 6) is -1.05. The quantitative estimate of drug-likeness (QED) is 0.172. The Bertz CT molecular complexity index is 441. The van der Waals surface area contributed by atoms with Crippen LogP contribution >= 0.6 is 0 Å². The lowest BCUT2D eigenvalue weighted by molar-refractivity contribution is -0.159. The summed E-state index contributed by atoms with van der Waals surface area (Å²) in [5.41, 5.74) is 0. The Morgan fingerprint density at radius 3 is 1.67 bits per heavy atom. The van der Waals surface area contributed by atoms with Gasteiger partial charge in [-0.05, 0) is 12.8 Å². The molecule has 0 radical (unpaired) electrons. The summed E-state index contributed by atoms with van der Waals surface area (Å²) in [6, 6.07) is 0. The van der Waals surface area contributed by atoms with Crippen molar-refractivity contribution in [3.05, 3.63) is 0 Å². The van der Waals surface area contributed by atoms with Crippen molar-refractivity contribution in [3.63, 3.8) is 0 Å². The molecule has 0 bridgehead atoms. The molecule has 0 amide bonds. The minimum Gasteiger partial charge on any atom is -0.463 e. The number of ketones is 1. The van der Waals surface area contributed by atoms with Crippen molar-refractivity contribution in [2.24, 2.45) is 0 Å². The third-order valence-electron chi connectivity index (χ3n) is 5.32. The van der Waals surface area contributed by atoms with Gasteiger partial charge in [0.2, 0.25) is 0 Å². The Morgan fingerprint density at radius 2 is 1.13 bits per heavy atom. The van der Waals surface area contributed by atoms with Crippen LogP contribution in [0.25, 0.3) is 0 Å². The molecule has 0 saturated heterocycles. The maximum absolute atomic E-state index is 12.0. The Morgan fingerprint density at radius 1 is 0.667 bits per heavy atom. The highest BCUT2D eigenvalue weighted by Gasteiger charge is 2.34. The van der Waals surface area contributed by atoms with Gasteiger partial charge < -0.3 is 25.2 Å². The van der Waals surface area contributed by atoms with E-state index in [1.165, 1.54) is 19.3 Å². The minimum absolute atomic E-state index is 0.113. The molecular formula is C23H44O7. The first kappa shape index (κ1) is 29.0. The van der Waals surface area contributed by atoms with Gasteiger partial charge in [-0.25, -0.2) is 0 Å². The molecule has 178 valence electrons. The lowest BCUT2D eigenvalue weighted by Gasteiger charge is -2.25. The number of aliphatic hydroxyl groups is 4. The highest BCUT2D eigenvalue weighted by atomic mass is 16.5. The first-order valence-corrected chi connectivity index (χ1v) is 11.8. The fourth-order valence-electron chi connectivity index (χ4n) is 3.23. The molecule has 30 heavy (non-hydrogen) atoms. The third-order valence-corrected chi connectivity index (χ3v) is 5.32. The molecule has 7 heteroatoms. The zero-order chi connectivity index (χ0) is 22.8. The molecule has 7 nitrogen and oxygen atoms in total. The molecule has 0 saturated carbocycles. The van der Waals surface area contributed by atoms with Gasteiger partial charge in [-0.3, -0.25) is 9.59 Å². The summed E-state index contributed by atoms with van der Waals surface area (Å²) >= 11 is 0. The molecule has 4 N–H and O–H groups in total. The van der Waals surface area contributed by atoms with Gasteiger partial charge >= 0.3 is 5.97 Å². The highest BCUT2D eigenvalue weighted by molar-refractivity contribution is 5.83. The van der Waals surface area contributed by atoms with Crippen LogP contribution in [-0.2, 0) is 14.3 Å². The van der Waals surface area contributed by atoms with E-state index in [9.17, 15) is 30.0 Å². The second-order valence-electron chi connectivity index (χ2n) is 8.18. The highest BCUT2D eigenvalue weighted by Crippen LogP contribution is 2.13. The van der Waals surface area contributed by atoms with Crippen molar-refractivity contribution in [1.82, 2.24) is 0 Å². The fourth-order valence-corrected chi connectivity index (χ4v) is 3.23. The number of rotatable bonds is 20. The smallest absolute Gasteiger partial charge is 0.305 e. The number of ether oxygens (including phenoxy) is 1. The fraction of sp³-hybridized carbons (Fsp3) is 0.913. The number of hydrogen-bond donors (Lipinski definition) is 4. The molecule has 0 aromatic rings. The molecule has 0 aliphatic carbocycles. The number of aliphatic hydroxyl groups excluding tert-OH is 4. The SMILES string of the molecule is CCCCCCCCCC(=O)C(O)C(O)C(O)C(O)COC(=O)CCCCCCC. The molecule has 4 unspecified atom stereocenters. The second kappa shape index (κ2) is 18.7. The largest absolute Gasteiger partial charge is 0.463 e. The molecule has 0 aliphatic rings. The predicted octanol–water partition coefficient (Wildman–Crippen LogP) is 3.04. The van der Waals surface area contributed by atoms with E-state index in [1.54, 1.807) is 0 Å². The molecular weight excluding hydrogens is 388 g/mol. The van der Waals surface area contributed by atoms with Gasteiger partial charge in [-0.15, -0.1) is 0 Å². The van der Waals surface area contributed by atoms with E-state index in [1.807, 2.05) is 0 Å². The maximum Gasteiger partial charge on any atom is 0.305 e. The molecule has 0 aromatic heterocycles. The summed E-state index contributed by atoms with van der Waals surface area (Å²) < 4.78 is 4.91. The second-order valence-corrected chi connectivity index (χ2v) is 8.18. The van der Waals surface area contributed by atoms with Crippen LogP contribution in [0.15, 0.2) is 0 Å². The molecule has 0 aliphatic heterocycles. The number of esters is 1. The van der Waals surface area contributed by atoms with Crippen LogP contribution in [0.5, 0.6) is 0 Å². The molecule has 0 aromatic carbocycles. The van der Waals surface area contributed by atoms with Crippen LogP contribution < -0.4 is 0 Å². The van der Waals surface area contributed by atoms with Crippen molar-refractivity contribution in [2.45, 2.75) is 128 Å². The summed E-state index contributed by atoms with van der Waals surface area (Å²) in [6.07, 6.45) is 5.50. The van der Waals surface area contributed by atoms with Gasteiger partial charge in [0.1, 0.15) is 31.0 Å². The zero-order valence-electron chi connectivity index (χ0n) is 18.9. The topological polar surface area (TPSA) is 124 Å². The Balaban J connectivity index is 4.06. The van der Waals surface area contributed by atoms with Gasteiger partial charge in [0.25, 0.3) is 0 Å². The molecule has 4 atom stereocenters. The average Bonchev–Trinajstić information content (AvgIpc) is 2.74. The third kappa shape index (κ3) is 14.1. The van der Waals surface area contributed by atoms with Crippen LogP contribution in [-0.4, -0.2) is 63.2 Å². The van der Waals surface area contributed by atoms with E-state index < -0.39 is 42.8 Å². The summed E-state index contributed by atoms with van der Waals surface area (Å²) in [7, 11) is 0. The first-order chi connectivity index (χ1) is 14.3. The predicted molar refractivity (Wildman–Crippen MR) is 116 cm³/mol. The monoisotopic (exact) mass is 432 g/mol. The van der Waals surface area contributed by atoms with E-state index in [4.69, 9.17) is 4.74 Å². The van der Waals surface area contributed by atoms with Gasteiger partial charge in [-0.1, -0.05) is 78.1 Å². The van der Waals surface area contributed by atoms with Crippen LogP contribution in [0.1, 0.15) is 104 Å². The lowest BCUT2D eigenvalue weighted by atomic mass is 9.97. The van der Waals surface area contributed by atoms with Gasteiger partial charge in [0.15, 0.2) is 5.78 Å². The number of carbonyl (C=O) groups excluding carboxylic acids is 2. The summed E-state index contributed by atoms with van der Waals surface area (Å²) in [6.45, 7) is 3.76. The minimum atomic E-state index is -1.83. The Labute approximate surface area is 181 Å². The number of Topliss-reactive ketones (excluding diaryl/α,β-unsaturated/α-hetero) is 1. The van der Waals surface area contributed by atoms with Crippen molar-refractivity contribution in [3.8, 4) is 0 Å². The Hall–Kier alpha value is -1.02. The van der Waals surface area contributed by atoms with E-state index in [0.29, 0.717) is 12.8 Å². The van der Waals surface area contributed by atoms with E-state index in [-0.39, 0.29) is 12.8 Å². The molecule has 0 heterocycles. The number of hydrogen-bond acceptors (Lipinski definition) is 7. The van der Waals surface area contributed by atoms with E-state index in [2.05, 4.69) is 13.8 Å². The zero-order valence-corrected chi connectivity index (χ0v) is 18.9. The number of carbonyl (C=O) groups is 2. The molecule has 0 spiro atoms. The maximum atomic E-state index is 12.0. The first-order valence-electron chi connectivity index (χ1n) is 11.8. The van der Waals surface area contributed by atoms with E-state index >= 15 is 0 Å². The van der Waals surface area contributed by atoms with Crippen LogP contribution in [0.3, 0.4) is 0 Å². The van der Waals surface area contributed by atoms with Crippen LogP contribution in [0, 0.1) is 0 Å². The van der Waals surface area contributed by atoms with Gasteiger partial charge in [0.05, 0.1) is 0 Å². The summed E-state index contributed by atoms with van der Waals surface area (Å²) in [4.78, 5) is 23.7. The lowest BCUT2D eigenvalue weighted by Crippen LogP contribution is -2.49. The Kier molecular flexibility index (Phi) is 18.1. The van der Waals surface area contributed by atoms with Crippen molar-refractivity contribution in [1.29, 1.82) is 0 Å². The summed E-state index contributed by atoms with van der Waals surface area (Å²) in [5, 5.41) is 39.9. The average molecular weight is 433 g/mol. The molecule has 0 rings (SSSR count). The van der Waals surface area contributed by atoms with E-state index in [0.717, 1.165) is 44.9 Å². The standard InChI is InChI=1S/C23H44O7/c1-3-5-7-9-10-12-13-15-18(24)21(27)23(29)22(28)19(25)17-30-20(26)16-14-11-8-6-4-2/h19,21-23,25,27-29H,3-17H2,1-2H3. The van der Waals surface area contributed by atoms with Gasteiger partial charge in [-0.2, -0.15) is 0 Å². The number of unbranched alkanes of at least 4 members (excludes halogenated alkanes) is 10. The van der Waals surface area contributed by atoms with Crippen molar-refractivity contribution < 1.29 is 34.8 Å². The van der Waals surface area contributed by atoms with Crippen LogP contribution in [0.2, 0.25) is 0 Å². The van der Waals surface area contributed by atoms with Gasteiger partial charge in [0, 0.05) is 12.8 Å². The van der Waals surface area contributed by atoms with Crippen molar-refractivity contribution in [2.75, 3.05) is 6.61 Å². The van der Waals surface area contributed by atoms with Crippen LogP contribution in [0.4, 0.5) is 0 Å². The molecule has 0 fully saturated rings. The van der Waals surface area contributed by atoms with Crippen molar-refractivity contribution >= 4 is 11.8 Å².